The highest BCUT2D eigenvalue weighted by Gasteiger charge is 2.31. The fourth-order valence-electron chi connectivity index (χ4n) is 8.67. The predicted molar refractivity (Wildman–Crippen MR) is 245 cm³/mol. The first-order chi connectivity index (χ1) is 31.8. The topological polar surface area (TPSA) is 80.3 Å². The van der Waals surface area contributed by atoms with Gasteiger partial charge in [-0.2, -0.15) is 36.9 Å². The third-order valence-electron chi connectivity index (χ3n) is 11.9. The molecule has 2 heterocycles. The summed E-state index contributed by atoms with van der Waals surface area (Å²) in [5, 5.41) is 25.7. The van der Waals surface area contributed by atoms with Gasteiger partial charge in [0, 0.05) is 55.7 Å². The molecule has 0 unspecified atom stereocenters. The molecule has 0 amide bonds. The summed E-state index contributed by atoms with van der Waals surface area (Å²) in [4.78, 5) is 3.65. The normalized spacial score (nSPS) is 12.1. The summed E-state index contributed by atoms with van der Waals surface area (Å²) in [6.45, 7) is 0. The number of benzene rings is 9. The minimum atomic E-state index is -4.49. The van der Waals surface area contributed by atoms with Gasteiger partial charge in [0.15, 0.2) is 11.2 Å². The summed E-state index contributed by atoms with van der Waals surface area (Å²) in [6, 6.07) is 51.2. The second-order valence-corrected chi connectivity index (χ2v) is 15.9. The van der Waals surface area contributed by atoms with Gasteiger partial charge in [0.1, 0.15) is 11.2 Å². The number of furan rings is 2. The quantitative estimate of drug-likeness (QED) is 0.155. The maximum absolute atomic E-state index is 13.5. The fraction of sp³-hybridized carbons (Fsp3) is 0.0370. The second-order valence-electron chi connectivity index (χ2n) is 15.9. The highest BCUT2D eigenvalue weighted by molar-refractivity contribution is 6.21. The second kappa shape index (κ2) is 14.9. The molecule has 0 fully saturated rings. The van der Waals surface area contributed by atoms with E-state index in [4.69, 9.17) is 8.83 Å². The van der Waals surface area contributed by atoms with Crippen LogP contribution >= 0.6 is 0 Å². The van der Waals surface area contributed by atoms with Crippen molar-refractivity contribution >= 4 is 99.5 Å². The highest BCUT2D eigenvalue weighted by Crippen LogP contribution is 2.44. The van der Waals surface area contributed by atoms with Crippen LogP contribution in [-0.2, 0) is 12.4 Å². The number of nitriles is 2. The molecule has 0 saturated heterocycles. The van der Waals surface area contributed by atoms with Gasteiger partial charge >= 0.3 is 12.4 Å². The van der Waals surface area contributed by atoms with E-state index in [0.717, 1.165) is 67.4 Å². The van der Waals surface area contributed by atoms with Gasteiger partial charge in [-0.25, -0.2) is 0 Å². The van der Waals surface area contributed by atoms with E-state index in [2.05, 4.69) is 12.1 Å². The molecule has 2 aromatic heterocycles. The van der Waals surface area contributed by atoms with Crippen molar-refractivity contribution in [1.82, 2.24) is 0 Å². The monoisotopic (exact) mass is 878 g/mol. The van der Waals surface area contributed by atoms with Crippen LogP contribution in [0.3, 0.4) is 0 Å². The van der Waals surface area contributed by atoms with Crippen molar-refractivity contribution in [2.24, 2.45) is 0 Å². The lowest BCUT2D eigenvalue weighted by Gasteiger charge is -2.26. The SMILES string of the molecule is N#Cc1ccc(N(c2ccc(C(F)(F)F)cc2)c2ccc3cc4c(cc3c2)oc2c4ccc3c4cc5ccc(N(c6ccc(C#N)cc6)c6ccc(C(F)(F)F)cc6)cc5cc4oc32)cc1. The zero-order chi connectivity index (χ0) is 45.5. The Morgan fingerprint density at radius 2 is 0.682 bits per heavy atom. The maximum Gasteiger partial charge on any atom is 0.416 e. The lowest BCUT2D eigenvalue weighted by molar-refractivity contribution is -0.138. The Bertz CT molecular complexity index is 3550. The Morgan fingerprint density at radius 3 is 1.02 bits per heavy atom. The van der Waals surface area contributed by atoms with E-state index >= 15 is 0 Å². The van der Waals surface area contributed by atoms with Gasteiger partial charge in [-0.05, 0) is 179 Å². The number of rotatable bonds is 6. The van der Waals surface area contributed by atoms with Crippen molar-refractivity contribution in [3.8, 4) is 12.1 Å². The third kappa shape index (κ3) is 6.84. The van der Waals surface area contributed by atoms with Gasteiger partial charge in [-0.15, -0.1) is 0 Å². The predicted octanol–water partition coefficient (Wildman–Crippen LogP) is 16.5. The van der Waals surface area contributed by atoms with Crippen molar-refractivity contribution in [3.63, 3.8) is 0 Å². The summed E-state index contributed by atoms with van der Waals surface area (Å²) >= 11 is 0. The minimum absolute atomic E-state index is 0.445. The number of anilines is 6. The first kappa shape index (κ1) is 40.1. The molecule has 9 aromatic carbocycles. The molecule has 318 valence electrons. The number of hydrogen-bond donors (Lipinski definition) is 0. The Labute approximate surface area is 370 Å². The first-order valence-electron chi connectivity index (χ1n) is 20.5. The van der Waals surface area contributed by atoms with Gasteiger partial charge in [0.2, 0.25) is 0 Å². The number of nitrogens with zero attached hydrogens (tertiary/aromatic N) is 4. The molecule has 11 rings (SSSR count). The van der Waals surface area contributed by atoms with E-state index < -0.39 is 23.5 Å². The van der Waals surface area contributed by atoms with Crippen molar-refractivity contribution in [3.05, 3.63) is 192 Å². The van der Waals surface area contributed by atoms with E-state index in [1.165, 1.54) is 24.3 Å². The van der Waals surface area contributed by atoms with Crippen LogP contribution in [0.4, 0.5) is 60.5 Å². The summed E-state index contributed by atoms with van der Waals surface area (Å²) in [5.74, 6) is 0. The molecule has 0 aliphatic heterocycles. The summed E-state index contributed by atoms with van der Waals surface area (Å²) in [7, 11) is 0. The largest absolute Gasteiger partial charge is 0.452 e. The van der Waals surface area contributed by atoms with Crippen LogP contribution in [0.2, 0.25) is 0 Å². The molecule has 0 atom stereocenters. The smallest absolute Gasteiger partial charge is 0.416 e. The Morgan fingerprint density at radius 1 is 0.348 bits per heavy atom. The molecule has 0 N–H and O–H groups in total. The Balaban J connectivity index is 1.000. The average molecular weight is 879 g/mol. The first-order valence-corrected chi connectivity index (χ1v) is 20.5. The number of hydrogen-bond acceptors (Lipinski definition) is 6. The van der Waals surface area contributed by atoms with Crippen molar-refractivity contribution in [1.29, 1.82) is 10.5 Å². The summed E-state index contributed by atoms with van der Waals surface area (Å²) in [5.41, 5.74) is 5.31. The maximum atomic E-state index is 13.5. The van der Waals surface area contributed by atoms with Crippen molar-refractivity contribution < 1.29 is 35.2 Å². The van der Waals surface area contributed by atoms with Crippen LogP contribution in [0.5, 0.6) is 0 Å². The zero-order valence-electron chi connectivity index (χ0n) is 34.0. The van der Waals surface area contributed by atoms with Gasteiger partial charge in [0.05, 0.1) is 34.4 Å². The van der Waals surface area contributed by atoms with Crippen molar-refractivity contribution in [2.75, 3.05) is 9.80 Å². The molecule has 0 saturated carbocycles. The summed E-state index contributed by atoms with van der Waals surface area (Å²) in [6.07, 6.45) is -8.99. The molecule has 66 heavy (non-hydrogen) atoms. The van der Waals surface area contributed by atoms with E-state index in [0.29, 0.717) is 67.6 Å². The van der Waals surface area contributed by atoms with Crippen LogP contribution in [0, 0.1) is 22.7 Å². The van der Waals surface area contributed by atoms with Gasteiger partial charge in [-0.3, -0.25) is 0 Å². The molecular weight excluding hydrogens is 851 g/mol. The van der Waals surface area contributed by atoms with Crippen LogP contribution in [0.15, 0.2) is 179 Å². The van der Waals surface area contributed by atoms with Crippen LogP contribution in [-0.4, -0.2) is 0 Å². The van der Waals surface area contributed by atoms with E-state index in [9.17, 15) is 36.9 Å². The molecule has 0 spiro atoms. The van der Waals surface area contributed by atoms with Gasteiger partial charge < -0.3 is 18.6 Å². The van der Waals surface area contributed by atoms with Crippen LogP contribution in [0.25, 0.3) is 65.4 Å². The van der Waals surface area contributed by atoms with Crippen LogP contribution < -0.4 is 9.80 Å². The fourth-order valence-corrected chi connectivity index (χ4v) is 8.67. The van der Waals surface area contributed by atoms with E-state index in [1.807, 2.05) is 82.6 Å². The van der Waals surface area contributed by atoms with Gasteiger partial charge in [-0.1, -0.05) is 12.1 Å². The molecule has 0 radical (unpaired) electrons. The number of halogens is 6. The molecule has 0 bridgehead atoms. The summed E-state index contributed by atoms with van der Waals surface area (Å²) < 4.78 is 94.3. The highest BCUT2D eigenvalue weighted by atomic mass is 19.4. The van der Waals surface area contributed by atoms with Crippen molar-refractivity contribution in [2.45, 2.75) is 12.4 Å². The molecule has 6 nitrogen and oxygen atoms in total. The molecular formula is C54H28F6N4O2. The van der Waals surface area contributed by atoms with E-state index in [-0.39, 0.29) is 0 Å². The molecule has 12 heteroatoms. The Hall–Kier alpha value is -8.74. The van der Waals surface area contributed by atoms with E-state index in [1.54, 1.807) is 48.5 Å². The zero-order valence-corrected chi connectivity index (χ0v) is 34.0. The lowest BCUT2D eigenvalue weighted by Crippen LogP contribution is -2.11. The number of alkyl halides is 6. The average Bonchev–Trinajstić information content (AvgIpc) is 3.87. The molecule has 0 aliphatic carbocycles. The number of fused-ring (bicyclic) bond motifs is 9. The molecule has 0 aliphatic rings. The van der Waals surface area contributed by atoms with Crippen LogP contribution in [0.1, 0.15) is 22.3 Å². The third-order valence-corrected chi connectivity index (χ3v) is 11.9. The standard InChI is InChI=1S/C54H28F6N4O2/c55-53(56,57)37-7-17-41(18-8-37)63(39-11-1-31(29-61)2-12-39)43-15-5-33-25-47-45-21-22-46-48-26-34-6-16-44(24-36(34)28-50(48)66-52(46)51(45)65-49(47)27-35(33)23-43)64(40-13-3-32(30-62)4-14-40)42-19-9-38(10-20-42)54(58,59)60/h1-28H. The lowest BCUT2D eigenvalue weighted by atomic mass is 10.0. The molecule has 11 aromatic rings. The Kier molecular flexibility index (Phi) is 9.06. The van der Waals surface area contributed by atoms with Gasteiger partial charge in [0.25, 0.3) is 0 Å². The minimum Gasteiger partial charge on any atom is -0.452 e.